The summed E-state index contributed by atoms with van der Waals surface area (Å²) in [6.45, 7) is 4.29. The van der Waals surface area contributed by atoms with Crippen LogP contribution in [0.3, 0.4) is 0 Å². The van der Waals surface area contributed by atoms with E-state index in [1.165, 1.54) is 77.0 Å². The quantitative estimate of drug-likeness (QED) is 0.0212. The molecular weight excluding hydrogens is 798 g/mol. The zero-order valence-corrected chi connectivity index (χ0v) is 41.0. The average molecular weight is 889 g/mol. The first-order valence-corrected chi connectivity index (χ1v) is 25.8. The second-order valence-electron chi connectivity index (χ2n) is 17.1. The van der Waals surface area contributed by atoms with E-state index in [1.54, 1.807) is 0 Å². The molecule has 1 N–H and O–H groups in total. The number of phosphoric acid groups is 1. The van der Waals surface area contributed by atoms with Crippen molar-refractivity contribution in [1.82, 2.24) is 0 Å². The Bertz CT molecular complexity index is 1330. The first-order valence-electron chi connectivity index (χ1n) is 24.3. The molecule has 0 heterocycles. The lowest BCUT2D eigenvalue weighted by molar-refractivity contribution is -0.870. The van der Waals surface area contributed by atoms with Crippen molar-refractivity contribution in [2.75, 3.05) is 47.5 Å². The van der Waals surface area contributed by atoms with Crippen LogP contribution in [0.4, 0.5) is 0 Å². The van der Waals surface area contributed by atoms with Crippen molar-refractivity contribution in [2.24, 2.45) is 0 Å². The summed E-state index contributed by atoms with van der Waals surface area (Å²) in [7, 11) is 1.42. The summed E-state index contributed by atoms with van der Waals surface area (Å²) in [6, 6.07) is 0. The van der Waals surface area contributed by atoms with Gasteiger partial charge in [0.25, 0.3) is 0 Å². The molecule has 1 unspecified atom stereocenters. The molecule has 0 aromatic heterocycles. The predicted molar refractivity (Wildman–Crippen MR) is 261 cm³/mol. The number of unbranched alkanes of at least 4 members (excludes halogenated alkanes) is 15. The number of hydrogen-bond acceptors (Lipinski definition) is 7. The van der Waals surface area contributed by atoms with Gasteiger partial charge in [-0.15, -0.1) is 0 Å². The predicted octanol–water partition coefficient (Wildman–Crippen LogP) is 14.4. The van der Waals surface area contributed by atoms with Gasteiger partial charge in [0, 0.05) is 12.8 Å². The van der Waals surface area contributed by atoms with E-state index in [0.29, 0.717) is 23.9 Å². The molecular formula is C52H91NO8P+. The number of hydrogen-bond donors (Lipinski definition) is 1. The van der Waals surface area contributed by atoms with E-state index in [2.05, 4.69) is 98.9 Å². The molecule has 0 bridgehead atoms. The van der Waals surface area contributed by atoms with Crippen LogP contribution in [0.5, 0.6) is 0 Å². The van der Waals surface area contributed by atoms with E-state index in [4.69, 9.17) is 18.5 Å². The monoisotopic (exact) mass is 889 g/mol. The molecule has 0 aromatic rings. The van der Waals surface area contributed by atoms with Gasteiger partial charge in [-0.05, 0) is 89.9 Å². The van der Waals surface area contributed by atoms with E-state index in [0.717, 1.165) is 64.2 Å². The fourth-order valence-electron chi connectivity index (χ4n) is 6.07. The zero-order valence-electron chi connectivity index (χ0n) is 40.1. The third-order valence-corrected chi connectivity index (χ3v) is 10.9. The van der Waals surface area contributed by atoms with Crippen molar-refractivity contribution in [1.29, 1.82) is 0 Å². The number of likely N-dealkylation sites (N-methyl/N-ethyl adjacent to an activating group) is 1. The Morgan fingerprint density at radius 2 is 0.887 bits per heavy atom. The van der Waals surface area contributed by atoms with Crippen molar-refractivity contribution in [3.8, 4) is 0 Å². The number of ether oxygens (including phenoxy) is 2. The Hall–Kier alpha value is -2.81. The van der Waals surface area contributed by atoms with Crippen molar-refractivity contribution >= 4 is 19.8 Å². The molecule has 2 atom stereocenters. The zero-order chi connectivity index (χ0) is 45.7. The molecule has 0 aliphatic heterocycles. The van der Waals surface area contributed by atoms with Gasteiger partial charge in [0.05, 0.1) is 27.7 Å². The van der Waals surface area contributed by atoms with Crippen LogP contribution in [0.1, 0.15) is 181 Å². The standard InChI is InChI=1S/C52H90NO8P/c1-6-8-10-12-14-16-18-20-22-24-25-26-27-29-30-32-34-36-38-40-42-44-51(54)58-48-50(49-60-62(56,57)59-47-46-53(3,4)5)61-52(55)45-43-41-39-37-35-33-31-28-23-21-19-17-15-13-11-9-7-2/h15,17,21-24,26-27,30-33,36,38,50H,6-14,16,18-20,25,28-29,34-35,37,39-49H2,1-5H3/p+1/b17-15+,23-21+,24-22+,27-26+,32-30+,33-31+,38-36+/t50-/m1/s1. The number of nitrogens with zero attached hydrogens (tertiary/aromatic N) is 1. The van der Waals surface area contributed by atoms with E-state index in [-0.39, 0.29) is 26.1 Å². The normalized spacial score (nSPS) is 14.2. The molecule has 0 saturated carbocycles. The van der Waals surface area contributed by atoms with E-state index >= 15 is 0 Å². The second kappa shape index (κ2) is 43.4. The Labute approximate surface area is 380 Å². The van der Waals surface area contributed by atoms with Gasteiger partial charge < -0.3 is 18.9 Å². The molecule has 0 rings (SSSR count). The third kappa shape index (κ3) is 46.7. The van der Waals surface area contributed by atoms with Crippen molar-refractivity contribution < 1.29 is 42.1 Å². The lowest BCUT2D eigenvalue weighted by Crippen LogP contribution is -2.37. The van der Waals surface area contributed by atoms with Crippen LogP contribution < -0.4 is 0 Å². The smallest absolute Gasteiger partial charge is 0.462 e. The first kappa shape index (κ1) is 59.2. The fourth-order valence-corrected chi connectivity index (χ4v) is 6.81. The van der Waals surface area contributed by atoms with E-state index in [9.17, 15) is 19.0 Å². The van der Waals surface area contributed by atoms with Crippen LogP contribution in [-0.2, 0) is 32.7 Å². The maximum atomic E-state index is 12.7. The maximum absolute atomic E-state index is 12.7. The second-order valence-corrected chi connectivity index (χ2v) is 18.6. The molecule has 0 aromatic carbocycles. The maximum Gasteiger partial charge on any atom is 0.472 e. The lowest BCUT2D eigenvalue weighted by atomic mass is 10.1. The highest BCUT2D eigenvalue weighted by atomic mass is 31.2. The SMILES string of the molecule is CCCCC/C=C/C/C=C/C/C=C/CCCCCCC(=O)O[C@H](COC(=O)CCC/C=C/C/C=C/C/C=C/C/C=C/CCCCCCCCC)COP(=O)(O)OCC[N+](C)(C)C. The highest BCUT2D eigenvalue weighted by Gasteiger charge is 2.27. The summed E-state index contributed by atoms with van der Waals surface area (Å²) in [4.78, 5) is 35.4. The molecule has 0 fully saturated rings. The largest absolute Gasteiger partial charge is 0.472 e. The van der Waals surface area contributed by atoms with Gasteiger partial charge in [-0.3, -0.25) is 18.6 Å². The minimum atomic E-state index is -4.40. The van der Waals surface area contributed by atoms with Gasteiger partial charge in [-0.25, -0.2) is 4.57 Å². The average Bonchev–Trinajstić information content (AvgIpc) is 3.23. The highest BCUT2D eigenvalue weighted by Crippen LogP contribution is 2.43. The van der Waals surface area contributed by atoms with Gasteiger partial charge in [-0.2, -0.15) is 0 Å². The minimum Gasteiger partial charge on any atom is -0.462 e. The van der Waals surface area contributed by atoms with Gasteiger partial charge in [0.2, 0.25) is 0 Å². The fraction of sp³-hybridized carbons (Fsp3) is 0.692. The van der Waals surface area contributed by atoms with Crippen molar-refractivity contribution in [3.63, 3.8) is 0 Å². The van der Waals surface area contributed by atoms with Crippen LogP contribution >= 0.6 is 7.82 Å². The topological polar surface area (TPSA) is 108 Å². The van der Waals surface area contributed by atoms with Gasteiger partial charge in [-0.1, -0.05) is 163 Å². The summed E-state index contributed by atoms with van der Waals surface area (Å²) in [5.74, 6) is -0.895. The molecule has 0 aliphatic carbocycles. The number of esters is 2. The Balaban J connectivity index is 4.45. The van der Waals surface area contributed by atoms with Gasteiger partial charge >= 0.3 is 19.8 Å². The summed E-state index contributed by atoms with van der Waals surface area (Å²) < 4.78 is 34.3. The molecule has 9 nitrogen and oxygen atoms in total. The molecule has 0 aliphatic rings. The van der Waals surface area contributed by atoms with Gasteiger partial charge in [0.15, 0.2) is 6.10 Å². The Morgan fingerprint density at radius 3 is 1.37 bits per heavy atom. The highest BCUT2D eigenvalue weighted by molar-refractivity contribution is 7.47. The van der Waals surface area contributed by atoms with Gasteiger partial charge in [0.1, 0.15) is 19.8 Å². The molecule has 356 valence electrons. The number of allylic oxidation sites excluding steroid dienone is 14. The van der Waals surface area contributed by atoms with Crippen molar-refractivity contribution in [3.05, 3.63) is 85.1 Å². The minimum absolute atomic E-state index is 0.0142. The molecule has 0 saturated heterocycles. The first-order chi connectivity index (χ1) is 30.0. The van der Waals surface area contributed by atoms with Crippen molar-refractivity contribution in [2.45, 2.75) is 187 Å². The summed E-state index contributed by atoms with van der Waals surface area (Å²) in [6.07, 6.45) is 56.4. The summed E-state index contributed by atoms with van der Waals surface area (Å²) in [5, 5.41) is 0. The van der Waals surface area contributed by atoms with Crippen LogP contribution in [0.15, 0.2) is 85.1 Å². The number of carbonyl (C=O) groups excluding carboxylic acids is 2. The molecule has 62 heavy (non-hydrogen) atoms. The molecule has 0 radical (unpaired) electrons. The van der Waals surface area contributed by atoms with Crippen LogP contribution in [0, 0.1) is 0 Å². The number of quaternary nitrogens is 1. The number of phosphoric ester groups is 1. The Morgan fingerprint density at radius 1 is 0.500 bits per heavy atom. The molecule has 0 spiro atoms. The molecule has 0 amide bonds. The van der Waals surface area contributed by atoms with Crippen LogP contribution in [0.2, 0.25) is 0 Å². The summed E-state index contributed by atoms with van der Waals surface area (Å²) >= 11 is 0. The summed E-state index contributed by atoms with van der Waals surface area (Å²) in [5.41, 5.74) is 0. The Kier molecular flexibility index (Phi) is 41.5. The number of carbonyl (C=O) groups is 2. The molecule has 10 heteroatoms. The lowest BCUT2D eigenvalue weighted by Gasteiger charge is -2.24. The van der Waals surface area contributed by atoms with Crippen LogP contribution in [0.25, 0.3) is 0 Å². The van der Waals surface area contributed by atoms with E-state index < -0.39 is 32.5 Å². The van der Waals surface area contributed by atoms with E-state index in [1.807, 2.05) is 21.1 Å². The van der Waals surface area contributed by atoms with Crippen LogP contribution in [-0.4, -0.2) is 74.9 Å². The third-order valence-electron chi connectivity index (χ3n) is 9.90. The number of rotatable bonds is 43.